The van der Waals surface area contributed by atoms with Crippen molar-refractivity contribution in [2.24, 2.45) is 0 Å². The van der Waals surface area contributed by atoms with Crippen molar-refractivity contribution in [3.8, 4) is 6.07 Å². The van der Waals surface area contributed by atoms with Crippen LogP contribution in [0.2, 0.25) is 5.02 Å². The Morgan fingerprint density at radius 1 is 1.29 bits per heavy atom. The number of esters is 1. The molecule has 2 unspecified atom stereocenters. The molecule has 2 atom stereocenters. The minimum Gasteiger partial charge on any atom is -0.461 e. The van der Waals surface area contributed by atoms with E-state index in [1.165, 1.54) is 0 Å². The van der Waals surface area contributed by atoms with Crippen molar-refractivity contribution >= 4 is 39.2 Å². The molecule has 0 amide bonds. The molecule has 178 valence electrons. The van der Waals surface area contributed by atoms with Gasteiger partial charge in [0.15, 0.2) is 10.4 Å². The maximum Gasteiger partial charge on any atom is 0.358 e. The topological polar surface area (TPSA) is 89.2 Å². The Balaban J connectivity index is 2.27. The number of benzene rings is 2. The Morgan fingerprint density at radius 2 is 2.00 bits per heavy atom. The average Bonchev–Trinajstić information content (AvgIpc) is 3.17. The number of hydrogen-bond donors (Lipinski definition) is 1. The number of ether oxygens (including phenoxy) is 2. The lowest BCUT2D eigenvalue weighted by Gasteiger charge is -2.26. The minimum absolute atomic E-state index is 0.145. The van der Waals surface area contributed by atoms with Crippen molar-refractivity contribution in [3.05, 3.63) is 80.3 Å². The standard InChI is InChI=1S/C25H26BrClN4O3/c1-5-34-24(32)22-23(31(25(26)30-22)16(3)14-33-4)21(18-9-7-17(13-28)8-10-18)29-20-12-19(27)11-6-15(20)2/h6-12,16,21,29H,5,14H2,1-4H3. The van der Waals surface area contributed by atoms with Crippen molar-refractivity contribution in [1.29, 1.82) is 5.26 Å². The normalized spacial score (nSPS) is 12.6. The number of rotatable bonds is 9. The zero-order chi connectivity index (χ0) is 24.8. The number of carbonyl (C=O) groups is 1. The number of aryl methyl sites for hydroxylation is 1. The number of anilines is 1. The second-order valence-electron chi connectivity index (χ2n) is 7.78. The molecule has 0 saturated carbocycles. The Labute approximate surface area is 212 Å². The van der Waals surface area contributed by atoms with Gasteiger partial charge in [-0.3, -0.25) is 0 Å². The maximum atomic E-state index is 13.0. The number of nitrogens with one attached hydrogen (secondary N) is 1. The van der Waals surface area contributed by atoms with Crippen molar-refractivity contribution in [1.82, 2.24) is 9.55 Å². The minimum atomic E-state index is -0.523. The third kappa shape index (κ3) is 5.61. The van der Waals surface area contributed by atoms with Crippen molar-refractivity contribution in [2.45, 2.75) is 32.9 Å². The third-order valence-corrected chi connectivity index (χ3v) is 6.16. The molecule has 0 saturated heterocycles. The Kier molecular flexibility index (Phi) is 8.72. The molecule has 1 N–H and O–H groups in total. The summed E-state index contributed by atoms with van der Waals surface area (Å²) >= 11 is 9.82. The molecule has 1 heterocycles. The van der Waals surface area contributed by atoms with E-state index >= 15 is 0 Å². The number of nitriles is 1. The van der Waals surface area contributed by atoms with Crippen molar-refractivity contribution < 1.29 is 14.3 Å². The van der Waals surface area contributed by atoms with Crippen LogP contribution in [0.3, 0.4) is 0 Å². The highest BCUT2D eigenvalue weighted by Crippen LogP contribution is 2.35. The number of carbonyl (C=O) groups excluding carboxylic acids is 1. The first-order valence-corrected chi connectivity index (χ1v) is 11.9. The Hall–Kier alpha value is -2.86. The number of hydrogen-bond acceptors (Lipinski definition) is 6. The first kappa shape index (κ1) is 25.8. The molecule has 0 spiro atoms. The number of methoxy groups -OCH3 is 1. The van der Waals surface area contributed by atoms with E-state index in [1.54, 1.807) is 26.2 Å². The average molecular weight is 546 g/mol. The summed E-state index contributed by atoms with van der Waals surface area (Å²) in [6, 6.07) is 14.3. The highest BCUT2D eigenvalue weighted by Gasteiger charge is 2.32. The van der Waals surface area contributed by atoms with Gasteiger partial charge in [-0.2, -0.15) is 5.26 Å². The van der Waals surface area contributed by atoms with Gasteiger partial charge in [-0.15, -0.1) is 0 Å². The van der Waals surface area contributed by atoms with E-state index in [9.17, 15) is 10.1 Å². The largest absolute Gasteiger partial charge is 0.461 e. The fourth-order valence-electron chi connectivity index (χ4n) is 3.74. The number of aromatic nitrogens is 2. The molecular weight excluding hydrogens is 520 g/mol. The first-order chi connectivity index (χ1) is 16.3. The number of imidazole rings is 1. The highest BCUT2D eigenvalue weighted by molar-refractivity contribution is 9.10. The quantitative estimate of drug-likeness (QED) is 0.329. The van der Waals surface area contributed by atoms with Gasteiger partial charge in [-0.1, -0.05) is 29.8 Å². The predicted octanol–water partition coefficient (Wildman–Crippen LogP) is 6.06. The highest BCUT2D eigenvalue weighted by atomic mass is 79.9. The zero-order valence-corrected chi connectivity index (χ0v) is 21.8. The molecule has 0 fully saturated rings. The van der Waals surface area contributed by atoms with E-state index in [2.05, 4.69) is 32.3 Å². The van der Waals surface area contributed by atoms with E-state index in [-0.39, 0.29) is 18.3 Å². The van der Waals surface area contributed by atoms with E-state index in [0.717, 1.165) is 16.8 Å². The van der Waals surface area contributed by atoms with Gasteiger partial charge >= 0.3 is 5.97 Å². The third-order valence-electron chi connectivity index (χ3n) is 5.37. The molecule has 7 nitrogen and oxygen atoms in total. The van der Waals surface area contributed by atoms with Gasteiger partial charge in [0, 0.05) is 17.8 Å². The fourth-order valence-corrected chi connectivity index (χ4v) is 4.63. The molecule has 0 bridgehead atoms. The van der Waals surface area contributed by atoms with Gasteiger partial charge in [-0.25, -0.2) is 9.78 Å². The second-order valence-corrected chi connectivity index (χ2v) is 8.93. The van der Waals surface area contributed by atoms with Crippen LogP contribution in [0.5, 0.6) is 0 Å². The molecule has 9 heteroatoms. The van der Waals surface area contributed by atoms with Crippen LogP contribution in [-0.2, 0) is 9.47 Å². The summed E-state index contributed by atoms with van der Waals surface area (Å²) < 4.78 is 13.1. The van der Waals surface area contributed by atoms with E-state index in [4.69, 9.17) is 21.1 Å². The van der Waals surface area contributed by atoms with Gasteiger partial charge < -0.3 is 19.4 Å². The van der Waals surface area contributed by atoms with Crippen LogP contribution < -0.4 is 5.32 Å². The smallest absolute Gasteiger partial charge is 0.358 e. The predicted molar refractivity (Wildman–Crippen MR) is 135 cm³/mol. The molecular formula is C25H26BrClN4O3. The van der Waals surface area contributed by atoms with Gasteiger partial charge in [-0.05, 0) is 72.1 Å². The Bertz CT molecular complexity index is 1200. The van der Waals surface area contributed by atoms with E-state index in [1.807, 2.05) is 48.7 Å². The zero-order valence-electron chi connectivity index (χ0n) is 19.4. The fraction of sp³-hybridized carbons (Fsp3) is 0.320. The molecule has 0 aliphatic heterocycles. The molecule has 34 heavy (non-hydrogen) atoms. The van der Waals surface area contributed by atoms with Crippen molar-refractivity contribution in [3.63, 3.8) is 0 Å². The van der Waals surface area contributed by atoms with Gasteiger partial charge in [0.25, 0.3) is 0 Å². The summed E-state index contributed by atoms with van der Waals surface area (Å²) in [7, 11) is 1.62. The van der Waals surface area contributed by atoms with Gasteiger partial charge in [0.2, 0.25) is 0 Å². The van der Waals surface area contributed by atoms with Crippen LogP contribution in [0.15, 0.2) is 47.2 Å². The van der Waals surface area contributed by atoms with Crippen molar-refractivity contribution in [2.75, 3.05) is 25.6 Å². The molecule has 1 aromatic heterocycles. The first-order valence-electron chi connectivity index (χ1n) is 10.8. The summed E-state index contributed by atoms with van der Waals surface area (Å²) in [5.41, 5.74) is 3.96. The maximum absolute atomic E-state index is 13.0. The summed E-state index contributed by atoms with van der Waals surface area (Å²) in [5.74, 6) is -0.523. The second kappa shape index (κ2) is 11.5. The molecule has 0 aliphatic rings. The lowest BCUT2D eigenvalue weighted by atomic mass is 9.99. The summed E-state index contributed by atoms with van der Waals surface area (Å²) in [6.07, 6.45) is 0. The summed E-state index contributed by atoms with van der Waals surface area (Å²) in [5, 5.41) is 13.4. The SMILES string of the molecule is CCOC(=O)c1nc(Br)n(C(C)COC)c1C(Nc1cc(Cl)ccc1C)c1ccc(C#N)cc1. The molecule has 0 aliphatic carbocycles. The number of halogens is 2. The van der Waals surface area contributed by atoms with Crippen LogP contribution in [0.25, 0.3) is 0 Å². The monoisotopic (exact) mass is 544 g/mol. The molecule has 0 radical (unpaired) electrons. The van der Waals surface area contributed by atoms with E-state index in [0.29, 0.717) is 27.6 Å². The van der Waals surface area contributed by atoms with Crippen LogP contribution in [0.1, 0.15) is 58.8 Å². The number of nitrogens with zero attached hydrogens (tertiary/aromatic N) is 3. The van der Waals surface area contributed by atoms with Crippen LogP contribution in [-0.4, -0.2) is 35.8 Å². The molecule has 3 aromatic rings. The molecule has 2 aromatic carbocycles. The van der Waals surface area contributed by atoms with Crippen LogP contribution >= 0.6 is 27.5 Å². The molecule has 3 rings (SSSR count). The van der Waals surface area contributed by atoms with Gasteiger partial charge in [0.1, 0.15) is 0 Å². The van der Waals surface area contributed by atoms with Crippen LogP contribution in [0, 0.1) is 18.3 Å². The lowest BCUT2D eigenvalue weighted by Crippen LogP contribution is -2.24. The van der Waals surface area contributed by atoms with Crippen LogP contribution in [0.4, 0.5) is 5.69 Å². The Morgan fingerprint density at radius 3 is 2.62 bits per heavy atom. The summed E-state index contributed by atoms with van der Waals surface area (Å²) in [6.45, 7) is 6.33. The van der Waals surface area contributed by atoms with Gasteiger partial charge in [0.05, 0.1) is 42.6 Å². The lowest BCUT2D eigenvalue weighted by molar-refractivity contribution is 0.0518. The summed E-state index contributed by atoms with van der Waals surface area (Å²) in [4.78, 5) is 17.5. The van der Waals surface area contributed by atoms with E-state index < -0.39 is 12.0 Å².